The minimum atomic E-state index is -4.52. The molecule has 1 amide bonds. The van der Waals surface area contributed by atoms with E-state index in [2.05, 4.69) is 26.1 Å². The lowest BCUT2D eigenvalue weighted by atomic mass is 9.87. The SMILES string of the molecule is CC(C)(C)c1ccc(OCC(=O)Nc2cc(C(F)(F)F)ccc2Cl)cc1. The molecule has 0 aliphatic carbocycles. The van der Waals surface area contributed by atoms with E-state index >= 15 is 0 Å². The summed E-state index contributed by atoms with van der Waals surface area (Å²) in [5, 5.41) is 2.35. The van der Waals surface area contributed by atoms with E-state index in [0.717, 1.165) is 23.8 Å². The Morgan fingerprint density at radius 3 is 2.15 bits per heavy atom. The van der Waals surface area contributed by atoms with Gasteiger partial charge in [-0.3, -0.25) is 4.79 Å². The lowest BCUT2D eigenvalue weighted by Gasteiger charge is -2.19. The van der Waals surface area contributed by atoms with Crippen molar-refractivity contribution in [2.75, 3.05) is 11.9 Å². The van der Waals surface area contributed by atoms with Crippen LogP contribution in [0.1, 0.15) is 31.9 Å². The van der Waals surface area contributed by atoms with Crippen molar-refractivity contribution in [3.63, 3.8) is 0 Å². The number of amides is 1. The number of alkyl halides is 3. The molecule has 1 N–H and O–H groups in total. The number of benzene rings is 2. The first-order chi connectivity index (χ1) is 12.0. The Kier molecular flexibility index (Phi) is 5.86. The van der Waals surface area contributed by atoms with E-state index in [4.69, 9.17) is 16.3 Å². The number of carbonyl (C=O) groups excluding carboxylic acids is 1. The first kappa shape index (κ1) is 20.1. The zero-order valence-electron chi connectivity index (χ0n) is 14.6. The average Bonchev–Trinajstić information content (AvgIpc) is 2.53. The highest BCUT2D eigenvalue weighted by Crippen LogP contribution is 2.33. The number of nitrogens with one attached hydrogen (secondary N) is 1. The van der Waals surface area contributed by atoms with E-state index in [1.807, 2.05) is 12.1 Å². The zero-order valence-corrected chi connectivity index (χ0v) is 15.3. The van der Waals surface area contributed by atoms with Crippen LogP contribution >= 0.6 is 11.6 Å². The molecular formula is C19H19ClF3NO2. The van der Waals surface area contributed by atoms with Crippen molar-refractivity contribution in [2.45, 2.75) is 32.4 Å². The number of rotatable bonds is 4. The Balaban J connectivity index is 1.99. The summed E-state index contributed by atoms with van der Waals surface area (Å²) in [4.78, 5) is 11.9. The summed E-state index contributed by atoms with van der Waals surface area (Å²) in [5.74, 6) is -0.116. The maximum Gasteiger partial charge on any atom is 0.416 e. The summed E-state index contributed by atoms with van der Waals surface area (Å²) in [6.45, 7) is 5.89. The van der Waals surface area contributed by atoms with E-state index in [9.17, 15) is 18.0 Å². The molecule has 0 fully saturated rings. The van der Waals surface area contributed by atoms with Gasteiger partial charge in [0.1, 0.15) is 5.75 Å². The van der Waals surface area contributed by atoms with Gasteiger partial charge >= 0.3 is 6.18 Å². The van der Waals surface area contributed by atoms with Crippen molar-refractivity contribution in [1.82, 2.24) is 0 Å². The molecule has 0 spiro atoms. The summed E-state index contributed by atoms with van der Waals surface area (Å²) >= 11 is 5.84. The Morgan fingerprint density at radius 1 is 1.04 bits per heavy atom. The molecule has 26 heavy (non-hydrogen) atoms. The first-order valence-electron chi connectivity index (χ1n) is 7.87. The average molecular weight is 386 g/mol. The number of hydrogen-bond acceptors (Lipinski definition) is 2. The van der Waals surface area contributed by atoms with Crippen molar-refractivity contribution in [2.24, 2.45) is 0 Å². The largest absolute Gasteiger partial charge is 0.484 e. The van der Waals surface area contributed by atoms with Gasteiger partial charge in [0.25, 0.3) is 5.91 Å². The van der Waals surface area contributed by atoms with Gasteiger partial charge in [0.15, 0.2) is 6.61 Å². The van der Waals surface area contributed by atoms with Gasteiger partial charge in [-0.1, -0.05) is 44.5 Å². The second-order valence-corrected chi connectivity index (χ2v) is 7.21. The Hall–Kier alpha value is -2.21. The second-order valence-electron chi connectivity index (χ2n) is 6.80. The van der Waals surface area contributed by atoms with Crippen LogP contribution in [-0.4, -0.2) is 12.5 Å². The lowest BCUT2D eigenvalue weighted by Crippen LogP contribution is -2.21. The van der Waals surface area contributed by atoms with Gasteiger partial charge in [-0.2, -0.15) is 13.2 Å². The van der Waals surface area contributed by atoms with E-state index < -0.39 is 17.6 Å². The fourth-order valence-electron chi connectivity index (χ4n) is 2.18. The Morgan fingerprint density at radius 2 is 1.62 bits per heavy atom. The van der Waals surface area contributed by atoms with Crippen LogP contribution in [0, 0.1) is 0 Å². The van der Waals surface area contributed by atoms with Gasteiger partial charge in [0, 0.05) is 0 Å². The highest BCUT2D eigenvalue weighted by molar-refractivity contribution is 6.33. The molecule has 0 unspecified atom stereocenters. The molecule has 0 radical (unpaired) electrons. The highest BCUT2D eigenvalue weighted by atomic mass is 35.5. The van der Waals surface area contributed by atoms with Crippen LogP contribution in [0.4, 0.5) is 18.9 Å². The standard InChI is InChI=1S/C19H19ClF3NO2/c1-18(2,3)12-4-7-14(8-5-12)26-11-17(25)24-16-10-13(19(21,22)23)6-9-15(16)20/h4-10H,11H2,1-3H3,(H,24,25). The lowest BCUT2D eigenvalue weighted by molar-refractivity contribution is -0.137. The van der Waals surface area contributed by atoms with Gasteiger partial charge in [0.05, 0.1) is 16.3 Å². The minimum absolute atomic E-state index is 0.00382. The fourth-order valence-corrected chi connectivity index (χ4v) is 2.35. The Bertz CT molecular complexity index is 781. The van der Waals surface area contributed by atoms with Crippen molar-refractivity contribution >= 4 is 23.2 Å². The third-order valence-corrected chi connectivity index (χ3v) is 3.99. The number of halogens is 4. The maximum atomic E-state index is 12.7. The van der Waals surface area contributed by atoms with E-state index in [0.29, 0.717) is 5.75 Å². The van der Waals surface area contributed by atoms with Gasteiger partial charge < -0.3 is 10.1 Å². The molecule has 3 nitrogen and oxygen atoms in total. The van der Waals surface area contributed by atoms with Crippen molar-refractivity contribution in [3.05, 3.63) is 58.6 Å². The van der Waals surface area contributed by atoms with Crippen LogP contribution < -0.4 is 10.1 Å². The number of hydrogen-bond donors (Lipinski definition) is 1. The highest BCUT2D eigenvalue weighted by Gasteiger charge is 2.31. The smallest absolute Gasteiger partial charge is 0.416 e. The summed E-state index contributed by atoms with van der Waals surface area (Å²) < 4.78 is 43.6. The third kappa shape index (κ3) is 5.39. The molecule has 2 aromatic carbocycles. The fraction of sp³-hybridized carbons (Fsp3) is 0.316. The van der Waals surface area contributed by atoms with Crippen molar-refractivity contribution in [3.8, 4) is 5.75 Å². The summed E-state index contributed by atoms with van der Waals surface area (Å²) in [7, 11) is 0. The normalized spacial score (nSPS) is 12.0. The minimum Gasteiger partial charge on any atom is -0.484 e. The van der Waals surface area contributed by atoms with Gasteiger partial charge in [-0.05, 0) is 41.3 Å². The molecule has 7 heteroatoms. The number of ether oxygens (including phenoxy) is 1. The van der Waals surface area contributed by atoms with Crippen LogP contribution in [0.25, 0.3) is 0 Å². The summed E-state index contributed by atoms with van der Waals surface area (Å²) in [6, 6.07) is 10.0. The third-order valence-electron chi connectivity index (χ3n) is 3.66. The maximum absolute atomic E-state index is 12.7. The number of anilines is 1. The molecule has 0 aliphatic heterocycles. The molecule has 0 atom stereocenters. The summed E-state index contributed by atoms with van der Waals surface area (Å²) in [5.41, 5.74) is 0.106. The Labute approximate surface area is 155 Å². The van der Waals surface area contributed by atoms with Crippen LogP contribution in [0.15, 0.2) is 42.5 Å². The van der Waals surface area contributed by atoms with Crippen LogP contribution in [0.3, 0.4) is 0 Å². The predicted molar refractivity (Wildman–Crippen MR) is 95.7 cm³/mol. The molecule has 0 heterocycles. The van der Waals surface area contributed by atoms with Crippen LogP contribution in [0.5, 0.6) is 5.75 Å². The quantitative estimate of drug-likeness (QED) is 0.736. The molecule has 2 aromatic rings. The van der Waals surface area contributed by atoms with E-state index in [1.54, 1.807) is 12.1 Å². The van der Waals surface area contributed by atoms with Gasteiger partial charge in [-0.15, -0.1) is 0 Å². The molecular weight excluding hydrogens is 367 g/mol. The summed E-state index contributed by atoms with van der Waals surface area (Å²) in [6.07, 6.45) is -4.52. The molecule has 2 rings (SSSR count). The van der Waals surface area contributed by atoms with Crippen molar-refractivity contribution < 1.29 is 22.7 Å². The van der Waals surface area contributed by atoms with Gasteiger partial charge in [-0.25, -0.2) is 0 Å². The number of carbonyl (C=O) groups is 1. The molecule has 140 valence electrons. The zero-order chi connectivity index (χ0) is 19.5. The topological polar surface area (TPSA) is 38.3 Å². The van der Waals surface area contributed by atoms with Crippen LogP contribution in [-0.2, 0) is 16.4 Å². The van der Waals surface area contributed by atoms with E-state index in [-0.39, 0.29) is 22.7 Å². The molecule has 0 saturated heterocycles. The monoisotopic (exact) mass is 385 g/mol. The van der Waals surface area contributed by atoms with Gasteiger partial charge in [0.2, 0.25) is 0 Å². The predicted octanol–water partition coefficient (Wildman–Crippen LogP) is 5.67. The van der Waals surface area contributed by atoms with Crippen molar-refractivity contribution in [1.29, 1.82) is 0 Å². The molecule has 0 bridgehead atoms. The second kappa shape index (κ2) is 7.58. The molecule has 0 aliphatic rings. The van der Waals surface area contributed by atoms with Crippen LogP contribution in [0.2, 0.25) is 5.02 Å². The van der Waals surface area contributed by atoms with E-state index in [1.165, 1.54) is 0 Å². The molecule has 0 saturated carbocycles. The first-order valence-corrected chi connectivity index (χ1v) is 8.24. The molecule has 0 aromatic heterocycles.